The lowest BCUT2D eigenvalue weighted by molar-refractivity contribution is 0.408. The van der Waals surface area contributed by atoms with Crippen LogP contribution >= 0.6 is 0 Å². The Morgan fingerprint density at radius 2 is 2.12 bits per heavy atom. The van der Waals surface area contributed by atoms with Crippen molar-refractivity contribution in [2.24, 2.45) is 5.73 Å². The molecule has 0 radical (unpaired) electrons. The van der Waals surface area contributed by atoms with Crippen molar-refractivity contribution in [1.82, 2.24) is 4.98 Å². The number of rotatable bonds is 2. The summed E-state index contributed by atoms with van der Waals surface area (Å²) in [5.74, 6) is 0.239. The lowest BCUT2D eigenvalue weighted by atomic mass is 9.78. The van der Waals surface area contributed by atoms with Crippen LogP contribution in [0.1, 0.15) is 31.2 Å². The summed E-state index contributed by atoms with van der Waals surface area (Å²) >= 11 is 0. The first kappa shape index (κ1) is 10.6. The number of aromatic nitrogens is 1. The topological polar surface area (TPSA) is 72.3 Å². The van der Waals surface area contributed by atoms with E-state index in [1.807, 2.05) is 12.1 Å². The Kier molecular flexibility index (Phi) is 2.33. The number of nitrogens with zero attached hydrogens (tertiary/aromatic N) is 1. The van der Waals surface area contributed by atoms with Gasteiger partial charge in [-0.1, -0.05) is 18.9 Å². The van der Waals surface area contributed by atoms with E-state index in [4.69, 9.17) is 10.2 Å². The van der Waals surface area contributed by atoms with Crippen molar-refractivity contribution in [3.63, 3.8) is 0 Å². The number of benzene rings is 1. The van der Waals surface area contributed by atoms with Crippen LogP contribution < -0.4 is 5.73 Å². The Morgan fingerprint density at radius 3 is 2.82 bits per heavy atom. The number of phenols is 1. The molecule has 1 aliphatic rings. The molecule has 1 fully saturated rings. The number of nitrogens with two attached hydrogens (primary N) is 1. The van der Waals surface area contributed by atoms with Gasteiger partial charge in [0, 0.05) is 17.5 Å². The highest BCUT2D eigenvalue weighted by Gasteiger charge is 2.37. The fraction of sp³-hybridized carbons (Fsp3) is 0.462. The van der Waals surface area contributed by atoms with Gasteiger partial charge in [0.2, 0.25) is 0 Å². The highest BCUT2D eigenvalue weighted by Crippen LogP contribution is 2.45. The van der Waals surface area contributed by atoms with Crippen LogP contribution in [0, 0.1) is 0 Å². The second-order valence-corrected chi connectivity index (χ2v) is 4.85. The molecule has 1 aromatic heterocycles. The van der Waals surface area contributed by atoms with Gasteiger partial charge in [0.25, 0.3) is 0 Å². The normalized spacial score (nSPS) is 18.9. The first-order chi connectivity index (χ1) is 8.27. The maximum atomic E-state index is 10.3. The van der Waals surface area contributed by atoms with Gasteiger partial charge in [0.1, 0.15) is 5.75 Å². The lowest BCUT2D eigenvalue weighted by Crippen LogP contribution is -2.32. The molecule has 1 saturated carbocycles. The molecule has 4 nitrogen and oxygen atoms in total. The Labute approximate surface area is 99.4 Å². The fourth-order valence-electron chi connectivity index (χ4n) is 2.98. The summed E-state index contributed by atoms with van der Waals surface area (Å²) in [6, 6.07) is 3.80. The van der Waals surface area contributed by atoms with Crippen LogP contribution in [0.3, 0.4) is 0 Å². The molecule has 1 aliphatic carbocycles. The van der Waals surface area contributed by atoms with Crippen LogP contribution in [0.15, 0.2) is 22.9 Å². The van der Waals surface area contributed by atoms with Gasteiger partial charge in [0.05, 0.1) is 0 Å². The highest BCUT2D eigenvalue weighted by molar-refractivity contribution is 5.81. The zero-order valence-electron chi connectivity index (χ0n) is 9.65. The van der Waals surface area contributed by atoms with Crippen molar-refractivity contribution in [2.45, 2.75) is 31.1 Å². The summed E-state index contributed by atoms with van der Waals surface area (Å²) in [5.41, 5.74) is 7.96. The van der Waals surface area contributed by atoms with Crippen molar-refractivity contribution in [2.75, 3.05) is 6.54 Å². The number of aromatic hydroxyl groups is 1. The number of hydrogen-bond donors (Lipinski definition) is 2. The zero-order valence-corrected chi connectivity index (χ0v) is 9.65. The molecule has 0 atom stereocenters. The molecule has 4 heteroatoms. The number of hydrogen-bond acceptors (Lipinski definition) is 4. The third kappa shape index (κ3) is 1.44. The second-order valence-electron chi connectivity index (χ2n) is 4.85. The molecular formula is C13H16N2O2. The van der Waals surface area contributed by atoms with E-state index in [0.717, 1.165) is 18.4 Å². The first-order valence-electron chi connectivity index (χ1n) is 6.02. The van der Waals surface area contributed by atoms with E-state index in [1.54, 1.807) is 0 Å². The fourth-order valence-corrected chi connectivity index (χ4v) is 2.98. The van der Waals surface area contributed by atoms with Gasteiger partial charge in [-0.2, -0.15) is 0 Å². The Hall–Kier alpha value is -1.55. The minimum atomic E-state index is -0.0722. The minimum Gasteiger partial charge on any atom is -0.505 e. The molecule has 0 amide bonds. The number of fused-ring (bicyclic) bond motifs is 1. The molecule has 3 rings (SSSR count). The molecule has 3 N–H and O–H groups in total. The molecule has 0 bridgehead atoms. The third-order valence-corrected chi connectivity index (χ3v) is 4.00. The molecule has 2 aromatic rings. The molecule has 1 aromatic carbocycles. The summed E-state index contributed by atoms with van der Waals surface area (Å²) in [6.45, 7) is 0.573. The molecule has 0 aliphatic heterocycles. The van der Waals surface area contributed by atoms with E-state index in [2.05, 4.69) is 4.98 Å². The Bertz CT molecular complexity index is 541. The molecular weight excluding hydrogens is 216 g/mol. The Morgan fingerprint density at radius 1 is 1.35 bits per heavy atom. The predicted molar refractivity (Wildman–Crippen MR) is 64.9 cm³/mol. The molecule has 1 heterocycles. The zero-order chi connectivity index (χ0) is 11.9. The summed E-state index contributed by atoms with van der Waals surface area (Å²) in [6.07, 6.45) is 5.79. The van der Waals surface area contributed by atoms with E-state index >= 15 is 0 Å². The van der Waals surface area contributed by atoms with Gasteiger partial charge in [0.15, 0.2) is 17.5 Å². The SMILES string of the molecule is NCC1(c2ccc3ocnc3c2O)CCCC1. The summed E-state index contributed by atoms with van der Waals surface area (Å²) < 4.78 is 5.18. The van der Waals surface area contributed by atoms with Crippen molar-refractivity contribution < 1.29 is 9.52 Å². The van der Waals surface area contributed by atoms with E-state index in [-0.39, 0.29) is 11.2 Å². The van der Waals surface area contributed by atoms with E-state index < -0.39 is 0 Å². The van der Waals surface area contributed by atoms with Crippen LogP contribution in [0.25, 0.3) is 11.1 Å². The van der Waals surface area contributed by atoms with E-state index in [9.17, 15) is 5.11 Å². The van der Waals surface area contributed by atoms with E-state index in [1.165, 1.54) is 19.2 Å². The Balaban J connectivity index is 2.19. The average molecular weight is 232 g/mol. The van der Waals surface area contributed by atoms with Gasteiger partial charge >= 0.3 is 0 Å². The van der Waals surface area contributed by atoms with E-state index in [0.29, 0.717) is 17.6 Å². The van der Waals surface area contributed by atoms with Gasteiger partial charge in [-0.05, 0) is 18.9 Å². The van der Waals surface area contributed by atoms with Gasteiger partial charge in [-0.25, -0.2) is 4.98 Å². The highest BCUT2D eigenvalue weighted by atomic mass is 16.3. The van der Waals surface area contributed by atoms with Crippen molar-refractivity contribution >= 4 is 11.1 Å². The van der Waals surface area contributed by atoms with Crippen LogP contribution in [-0.2, 0) is 5.41 Å². The minimum absolute atomic E-state index is 0.0722. The summed E-state index contributed by atoms with van der Waals surface area (Å²) in [4.78, 5) is 4.06. The monoisotopic (exact) mass is 232 g/mol. The van der Waals surface area contributed by atoms with Gasteiger partial charge in [-0.3, -0.25) is 0 Å². The third-order valence-electron chi connectivity index (χ3n) is 4.00. The standard InChI is InChI=1S/C13H16N2O2/c14-7-13(5-1-2-6-13)9-3-4-10-11(12(9)16)15-8-17-10/h3-4,8,16H,1-2,5-7,14H2. The van der Waals surface area contributed by atoms with Crippen LogP contribution in [0.4, 0.5) is 0 Å². The molecule has 17 heavy (non-hydrogen) atoms. The van der Waals surface area contributed by atoms with Crippen LogP contribution in [0.2, 0.25) is 0 Å². The van der Waals surface area contributed by atoms with Crippen molar-refractivity contribution in [3.8, 4) is 5.75 Å². The predicted octanol–water partition coefficient (Wildman–Crippen LogP) is 2.30. The molecule has 90 valence electrons. The maximum Gasteiger partial charge on any atom is 0.182 e. The molecule has 0 saturated heterocycles. The van der Waals surface area contributed by atoms with Gasteiger partial charge in [-0.15, -0.1) is 0 Å². The quantitative estimate of drug-likeness (QED) is 0.833. The smallest absolute Gasteiger partial charge is 0.182 e. The number of oxazole rings is 1. The van der Waals surface area contributed by atoms with Gasteiger partial charge < -0.3 is 15.3 Å². The largest absolute Gasteiger partial charge is 0.505 e. The van der Waals surface area contributed by atoms with Crippen molar-refractivity contribution in [3.05, 3.63) is 24.1 Å². The number of phenolic OH excluding ortho intramolecular Hbond substituents is 1. The van der Waals surface area contributed by atoms with Crippen molar-refractivity contribution in [1.29, 1.82) is 0 Å². The second kappa shape index (κ2) is 3.74. The average Bonchev–Trinajstić information content (AvgIpc) is 2.98. The van der Waals surface area contributed by atoms with Crippen LogP contribution in [0.5, 0.6) is 5.75 Å². The molecule has 0 unspecified atom stereocenters. The lowest BCUT2D eigenvalue weighted by Gasteiger charge is -2.28. The summed E-state index contributed by atoms with van der Waals surface area (Å²) in [7, 11) is 0. The summed E-state index contributed by atoms with van der Waals surface area (Å²) in [5, 5.41) is 10.3. The molecule has 0 spiro atoms. The maximum absolute atomic E-state index is 10.3. The first-order valence-corrected chi connectivity index (χ1v) is 6.02. The van der Waals surface area contributed by atoms with Crippen LogP contribution in [-0.4, -0.2) is 16.6 Å².